The normalized spacial score (nSPS) is 14.9. The molecule has 4 heterocycles. The number of carbonyl (C=O) groups is 1. The molecule has 0 aliphatic carbocycles. The van der Waals surface area contributed by atoms with Crippen molar-refractivity contribution >= 4 is 28.8 Å². The van der Waals surface area contributed by atoms with Crippen LogP contribution in [-0.2, 0) is 11.3 Å². The number of unbranched alkanes of at least 4 members (excludes halogenated alkanes) is 3. The van der Waals surface area contributed by atoms with Crippen LogP contribution in [0.15, 0.2) is 35.7 Å². The average Bonchev–Trinajstić information content (AvgIpc) is 3.42. The Morgan fingerprint density at radius 1 is 1.14 bits per heavy atom. The summed E-state index contributed by atoms with van der Waals surface area (Å²) >= 11 is 0. The number of hydrogen-bond donors (Lipinski definition) is 1. The molecular formula is C26H35N7O2. The van der Waals surface area contributed by atoms with Gasteiger partial charge in [0.1, 0.15) is 29.9 Å². The summed E-state index contributed by atoms with van der Waals surface area (Å²) in [7, 11) is 0. The predicted molar refractivity (Wildman–Crippen MR) is 139 cm³/mol. The maximum Gasteiger partial charge on any atom is 0.246 e. The Balaban J connectivity index is 1.32. The molecule has 0 aromatic carbocycles. The Morgan fingerprint density at radius 2 is 1.89 bits per heavy atom. The fourth-order valence-corrected chi connectivity index (χ4v) is 4.63. The molecule has 3 aromatic heterocycles. The largest absolute Gasteiger partial charge is 0.464 e. The molecule has 1 aliphatic rings. The topological polar surface area (TPSA) is 106 Å². The van der Waals surface area contributed by atoms with Crippen molar-refractivity contribution < 1.29 is 9.21 Å². The zero-order chi connectivity index (χ0) is 24.8. The van der Waals surface area contributed by atoms with Crippen molar-refractivity contribution in [2.45, 2.75) is 46.1 Å². The molecule has 0 radical (unpaired) electrons. The summed E-state index contributed by atoms with van der Waals surface area (Å²) in [6.07, 6.45) is 13.0. The van der Waals surface area contributed by atoms with Gasteiger partial charge in [-0.2, -0.15) is 5.10 Å². The molecular weight excluding hydrogens is 442 g/mol. The molecule has 186 valence electrons. The second kappa shape index (κ2) is 11.3. The van der Waals surface area contributed by atoms with Gasteiger partial charge in [0.2, 0.25) is 5.91 Å². The second-order valence-corrected chi connectivity index (χ2v) is 8.95. The van der Waals surface area contributed by atoms with Crippen molar-refractivity contribution in [1.29, 1.82) is 0 Å². The Labute approximate surface area is 206 Å². The predicted octanol–water partition coefficient (Wildman–Crippen LogP) is 3.90. The SMILES string of the molecule is C=CC(=O)N1CCN(CCCCCCn2nc(-c3coc(/C=C\C)c3C)c3c(N)ncnc32)CC1. The van der Waals surface area contributed by atoms with E-state index in [0.717, 1.165) is 98.6 Å². The van der Waals surface area contributed by atoms with E-state index < -0.39 is 0 Å². The van der Waals surface area contributed by atoms with Crippen LogP contribution in [0.1, 0.15) is 43.9 Å². The molecule has 1 saturated heterocycles. The molecule has 0 saturated carbocycles. The first-order valence-corrected chi connectivity index (χ1v) is 12.3. The lowest BCUT2D eigenvalue weighted by Crippen LogP contribution is -2.48. The lowest BCUT2D eigenvalue weighted by Gasteiger charge is -2.34. The van der Waals surface area contributed by atoms with Gasteiger partial charge >= 0.3 is 0 Å². The number of carbonyl (C=O) groups excluding carboxylic acids is 1. The molecule has 1 amide bonds. The van der Waals surface area contributed by atoms with Crippen molar-refractivity contribution in [1.82, 2.24) is 29.5 Å². The number of nitrogens with zero attached hydrogens (tertiary/aromatic N) is 6. The van der Waals surface area contributed by atoms with Crippen molar-refractivity contribution in [3.8, 4) is 11.3 Å². The highest BCUT2D eigenvalue weighted by Crippen LogP contribution is 2.34. The Bertz CT molecular complexity index is 1200. The summed E-state index contributed by atoms with van der Waals surface area (Å²) in [5, 5.41) is 5.65. The van der Waals surface area contributed by atoms with Gasteiger partial charge in [0.25, 0.3) is 0 Å². The highest BCUT2D eigenvalue weighted by Gasteiger charge is 2.21. The minimum atomic E-state index is 0.0344. The van der Waals surface area contributed by atoms with E-state index in [2.05, 4.69) is 21.4 Å². The standard InChI is InChI=1S/C26H35N7O2/c1-4-10-21-19(3)20(17-35-21)24-23-25(27)28-18-29-26(23)33(30-24)12-9-7-6-8-11-31-13-15-32(16-14-31)22(34)5-2/h4-5,10,17-18H,2,6-9,11-16H2,1,3H3,(H2,27,28,29)/b10-4-. The van der Waals surface area contributed by atoms with Crippen molar-refractivity contribution in [3.63, 3.8) is 0 Å². The van der Waals surface area contributed by atoms with E-state index in [0.29, 0.717) is 5.82 Å². The first-order chi connectivity index (χ1) is 17.0. The maximum atomic E-state index is 11.7. The molecule has 9 heteroatoms. The monoisotopic (exact) mass is 477 g/mol. The molecule has 1 aliphatic heterocycles. The quantitative estimate of drug-likeness (QED) is 0.349. The second-order valence-electron chi connectivity index (χ2n) is 8.95. The summed E-state index contributed by atoms with van der Waals surface area (Å²) in [4.78, 5) is 24.7. The first-order valence-electron chi connectivity index (χ1n) is 12.3. The number of nitrogen functional groups attached to an aromatic ring is 1. The lowest BCUT2D eigenvalue weighted by molar-refractivity contribution is -0.127. The average molecular weight is 478 g/mol. The number of nitrogens with two attached hydrogens (primary N) is 1. The maximum absolute atomic E-state index is 11.7. The van der Waals surface area contributed by atoms with Gasteiger partial charge in [-0.05, 0) is 45.4 Å². The van der Waals surface area contributed by atoms with Gasteiger partial charge < -0.3 is 15.1 Å². The van der Waals surface area contributed by atoms with Crippen LogP contribution in [0.25, 0.3) is 28.4 Å². The number of aromatic nitrogens is 4. The molecule has 0 spiro atoms. The number of rotatable bonds is 10. The Kier molecular flexibility index (Phi) is 7.97. The third kappa shape index (κ3) is 5.45. The molecule has 4 rings (SSSR count). The molecule has 35 heavy (non-hydrogen) atoms. The smallest absolute Gasteiger partial charge is 0.246 e. The number of allylic oxidation sites excluding steroid dienone is 1. The third-order valence-corrected chi connectivity index (χ3v) is 6.66. The van der Waals surface area contributed by atoms with Gasteiger partial charge in [-0.25, -0.2) is 14.6 Å². The Morgan fingerprint density at radius 3 is 2.60 bits per heavy atom. The lowest BCUT2D eigenvalue weighted by atomic mass is 10.1. The van der Waals surface area contributed by atoms with Crippen LogP contribution >= 0.6 is 0 Å². The van der Waals surface area contributed by atoms with E-state index in [9.17, 15) is 4.79 Å². The van der Waals surface area contributed by atoms with Crippen molar-refractivity contribution in [2.75, 3.05) is 38.5 Å². The summed E-state index contributed by atoms with van der Waals surface area (Å²) < 4.78 is 7.69. The molecule has 3 aromatic rings. The molecule has 0 unspecified atom stereocenters. The number of aryl methyl sites for hydroxylation is 1. The number of anilines is 1. The van der Waals surface area contributed by atoms with Crippen LogP contribution in [-0.4, -0.2) is 68.2 Å². The molecule has 1 fully saturated rings. The van der Waals surface area contributed by atoms with E-state index in [1.807, 2.05) is 35.6 Å². The highest BCUT2D eigenvalue weighted by molar-refractivity contribution is 5.99. The van der Waals surface area contributed by atoms with Gasteiger partial charge in [0.15, 0.2) is 5.65 Å². The molecule has 2 N–H and O–H groups in total. The third-order valence-electron chi connectivity index (χ3n) is 6.66. The van der Waals surface area contributed by atoms with E-state index >= 15 is 0 Å². The number of hydrogen-bond acceptors (Lipinski definition) is 7. The van der Waals surface area contributed by atoms with Crippen LogP contribution in [0.2, 0.25) is 0 Å². The van der Waals surface area contributed by atoms with E-state index in [1.54, 1.807) is 6.26 Å². The first kappa shape index (κ1) is 24.7. The van der Waals surface area contributed by atoms with Gasteiger partial charge in [0, 0.05) is 43.9 Å². The minimum absolute atomic E-state index is 0.0344. The van der Waals surface area contributed by atoms with Gasteiger partial charge in [-0.15, -0.1) is 0 Å². The van der Waals surface area contributed by atoms with Crippen molar-refractivity contribution in [3.05, 3.63) is 42.6 Å². The van der Waals surface area contributed by atoms with E-state index in [-0.39, 0.29) is 5.91 Å². The van der Waals surface area contributed by atoms with Gasteiger partial charge in [-0.3, -0.25) is 9.69 Å². The summed E-state index contributed by atoms with van der Waals surface area (Å²) in [5.41, 5.74) is 9.70. The van der Waals surface area contributed by atoms with Crippen LogP contribution in [0.5, 0.6) is 0 Å². The van der Waals surface area contributed by atoms with Crippen molar-refractivity contribution in [2.24, 2.45) is 0 Å². The Hall–Kier alpha value is -3.46. The molecule has 0 atom stereocenters. The number of piperazine rings is 1. The number of amides is 1. The summed E-state index contributed by atoms with van der Waals surface area (Å²) in [6, 6.07) is 0. The van der Waals surface area contributed by atoms with E-state index in [1.165, 1.54) is 12.4 Å². The fourth-order valence-electron chi connectivity index (χ4n) is 4.63. The highest BCUT2D eigenvalue weighted by atomic mass is 16.3. The van der Waals surface area contributed by atoms with Crippen LogP contribution < -0.4 is 5.73 Å². The summed E-state index contributed by atoms with van der Waals surface area (Å²) in [6.45, 7) is 12.9. The zero-order valence-corrected chi connectivity index (χ0v) is 20.7. The molecule has 0 bridgehead atoms. The van der Waals surface area contributed by atoms with Crippen LogP contribution in [0, 0.1) is 6.92 Å². The number of fused-ring (bicyclic) bond motifs is 1. The van der Waals surface area contributed by atoms with Crippen LogP contribution in [0.4, 0.5) is 5.82 Å². The summed E-state index contributed by atoms with van der Waals surface area (Å²) in [5.74, 6) is 1.28. The zero-order valence-electron chi connectivity index (χ0n) is 20.7. The number of furan rings is 1. The van der Waals surface area contributed by atoms with E-state index in [4.69, 9.17) is 15.2 Å². The van der Waals surface area contributed by atoms with Gasteiger partial charge in [0.05, 0.1) is 5.39 Å². The molecule has 9 nitrogen and oxygen atoms in total. The van der Waals surface area contributed by atoms with Gasteiger partial charge in [-0.1, -0.05) is 25.5 Å². The fraction of sp³-hybridized carbons (Fsp3) is 0.462. The minimum Gasteiger partial charge on any atom is -0.464 e. The van der Waals surface area contributed by atoms with Crippen LogP contribution in [0.3, 0.4) is 0 Å².